The van der Waals surface area contributed by atoms with Crippen LogP contribution in [-0.4, -0.2) is 37.3 Å². The largest absolute Gasteiger partial charge is 0.493 e. The lowest BCUT2D eigenvalue weighted by Crippen LogP contribution is -2.39. The normalized spacial score (nSPS) is 19.9. The molecular formula is C19H24N2O4. The fraction of sp³-hybridized carbons (Fsp3) is 0.421. The van der Waals surface area contributed by atoms with Crippen LogP contribution >= 0.6 is 0 Å². The van der Waals surface area contributed by atoms with Crippen LogP contribution in [0.25, 0.3) is 0 Å². The second kappa shape index (κ2) is 7.96. The Labute approximate surface area is 147 Å². The van der Waals surface area contributed by atoms with E-state index in [0.29, 0.717) is 22.9 Å². The topological polar surface area (TPSA) is 72.6 Å². The Kier molecular flexibility index (Phi) is 5.48. The second-order valence-electron chi connectivity index (χ2n) is 6.14. The van der Waals surface area contributed by atoms with Crippen LogP contribution in [0.4, 0.5) is 0 Å². The third-order valence-corrected chi connectivity index (χ3v) is 4.51. The molecule has 0 bridgehead atoms. The first-order valence-electron chi connectivity index (χ1n) is 8.53. The maximum absolute atomic E-state index is 12.1. The van der Waals surface area contributed by atoms with Crippen molar-refractivity contribution in [3.63, 3.8) is 0 Å². The fourth-order valence-electron chi connectivity index (χ4n) is 3.19. The van der Waals surface area contributed by atoms with Crippen LogP contribution in [0.2, 0.25) is 0 Å². The zero-order valence-corrected chi connectivity index (χ0v) is 14.6. The van der Waals surface area contributed by atoms with Crippen molar-refractivity contribution >= 4 is 5.91 Å². The number of nitrogens with one attached hydrogen (secondary N) is 2. The molecule has 2 N–H and O–H groups in total. The molecule has 6 nitrogen and oxygen atoms in total. The molecule has 6 heteroatoms. The minimum absolute atomic E-state index is 0.0520. The minimum atomic E-state index is -0.0520. The smallest absolute Gasteiger partial charge is 0.267 e. The van der Waals surface area contributed by atoms with E-state index in [2.05, 4.69) is 10.3 Å². The molecule has 0 atom stereocenters. The molecule has 0 spiro atoms. The van der Waals surface area contributed by atoms with Gasteiger partial charge in [0, 0.05) is 12.2 Å². The molecule has 0 aliphatic heterocycles. The number of carbonyl (C=O) groups is 1. The molecule has 0 unspecified atom stereocenters. The SMILES string of the molecule is COc1cccc(OC2CCC(NC(=O)c3ccc[nH]3)CC2)c1OC. The summed E-state index contributed by atoms with van der Waals surface area (Å²) in [6.45, 7) is 0. The molecule has 1 heterocycles. The fourth-order valence-corrected chi connectivity index (χ4v) is 3.19. The Morgan fingerprint density at radius 3 is 2.44 bits per heavy atom. The van der Waals surface area contributed by atoms with Crippen molar-refractivity contribution in [3.8, 4) is 17.2 Å². The van der Waals surface area contributed by atoms with Crippen molar-refractivity contribution in [3.05, 3.63) is 42.2 Å². The molecule has 2 aromatic rings. The van der Waals surface area contributed by atoms with E-state index in [1.807, 2.05) is 24.3 Å². The number of methoxy groups -OCH3 is 2. The molecule has 1 fully saturated rings. The van der Waals surface area contributed by atoms with Crippen LogP contribution in [0.1, 0.15) is 36.2 Å². The average molecular weight is 344 g/mol. The highest BCUT2D eigenvalue weighted by atomic mass is 16.5. The highest BCUT2D eigenvalue weighted by Crippen LogP contribution is 2.38. The number of aromatic nitrogens is 1. The van der Waals surface area contributed by atoms with Crippen LogP contribution in [0.5, 0.6) is 17.2 Å². The van der Waals surface area contributed by atoms with E-state index in [0.717, 1.165) is 25.7 Å². The summed E-state index contributed by atoms with van der Waals surface area (Å²) in [5.74, 6) is 1.92. The van der Waals surface area contributed by atoms with Gasteiger partial charge in [0.15, 0.2) is 11.5 Å². The number of hydrogen-bond acceptors (Lipinski definition) is 4. The molecule has 1 aromatic carbocycles. The van der Waals surface area contributed by atoms with Gasteiger partial charge in [-0.3, -0.25) is 4.79 Å². The zero-order valence-electron chi connectivity index (χ0n) is 14.6. The van der Waals surface area contributed by atoms with E-state index in [1.54, 1.807) is 26.5 Å². The summed E-state index contributed by atoms with van der Waals surface area (Å²) in [4.78, 5) is 15.0. The van der Waals surface area contributed by atoms with E-state index in [-0.39, 0.29) is 18.1 Å². The predicted octanol–water partition coefficient (Wildman–Crippen LogP) is 3.15. The van der Waals surface area contributed by atoms with Gasteiger partial charge in [-0.1, -0.05) is 6.07 Å². The van der Waals surface area contributed by atoms with Gasteiger partial charge in [-0.25, -0.2) is 0 Å². The number of aromatic amines is 1. The maximum atomic E-state index is 12.1. The molecule has 25 heavy (non-hydrogen) atoms. The lowest BCUT2D eigenvalue weighted by Gasteiger charge is -2.30. The van der Waals surface area contributed by atoms with Crippen LogP contribution in [-0.2, 0) is 0 Å². The first-order chi connectivity index (χ1) is 12.2. The first-order valence-corrected chi connectivity index (χ1v) is 8.53. The van der Waals surface area contributed by atoms with Crippen LogP contribution in [0.15, 0.2) is 36.5 Å². The third-order valence-electron chi connectivity index (χ3n) is 4.51. The van der Waals surface area contributed by atoms with Crippen molar-refractivity contribution < 1.29 is 19.0 Å². The van der Waals surface area contributed by atoms with E-state index < -0.39 is 0 Å². The van der Waals surface area contributed by atoms with E-state index in [1.165, 1.54) is 0 Å². The van der Waals surface area contributed by atoms with E-state index in [4.69, 9.17) is 14.2 Å². The van der Waals surface area contributed by atoms with Gasteiger partial charge in [0.2, 0.25) is 5.75 Å². The van der Waals surface area contributed by atoms with Gasteiger partial charge < -0.3 is 24.5 Å². The third kappa shape index (κ3) is 4.07. The molecule has 1 aliphatic carbocycles. The molecule has 1 aromatic heterocycles. The number of para-hydroxylation sites is 1. The summed E-state index contributed by atoms with van der Waals surface area (Å²) in [5, 5.41) is 3.08. The number of carbonyl (C=O) groups excluding carboxylic acids is 1. The van der Waals surface area contributed by atoms with Gasteiger partial charge in [0.25, 0.3) is 5.91 Å². The standard InChI is InChI=1S/C19H24N2O4/c1-23-16-6-3-7-17(18(16)24-2)25-14-10-8-13(9-11-14)21-19(22)15-5-4-12-20-15/h3-7,12-14,20H,8-11H2,1-2H3,(H,21,22). The summed E-state index contributed by atoms with van der Waals surface area (Å²) in [6, 6.07) is 9.40. The highest BCUT2D eigenvalue weighted by molar-refractivity contribution is 5.92. The molecule has 0 saturated heterocycles. The molecule has 0 radical (unpaired) electrons. The van der Waals surface area contributed by atoms with Gasteiger partial charge in [0.05, 0.1) is 20.3 Å². The van der Waals surface area contributed by atoms with Gasteiger partial charge in [0.1, 0.15) is 5.69 Å². The lowest BCUT2D eigenvalue weighted by molar-refractivity contribution is 0.0887. The minimum Gasteiger partial charge on any atom is -0.493 e. The molecular weight excluding hydrogens is 320 g/mol. The van der Waals surface area contributed by atoms with Crippen LogP contribution in [0.3, 0.4) is 0 Å². The molecule has 1 saturated carbocycles. The lowest BCUT2D eigenvalue weighted by atomic mass is 9.93. The summed E-state index contributed by atoms with van der Waals surface area (Å²) >= 11 is 0. The number of H-pyrrole nitrogens is 1. The van der Waals surface area contributed by atoms with Gasteiger partial charge in [-0.2, -0.15) is 0 Å². The van der Waals surface area contributed by atoms with Crippen molar-refractivity contribution in [2.45, 2.75) is 37.8 Å². The zero-order chi connectivity index (χ0) is 17.6. The Morgan fingerprint density at radius 1 is 1.04 bits per heavy atom. The van der Waals surface area contributed by atoms with Crippen molar-refractivity contribution in [2.24, 2.45) is 0 Å². The number of rotatable bonds is 6. The van der Waals surface area contributed by atoms with Gasteiger partial charge in [-0.15, -0.1) is 0 Å². The molecule has 1 aliphatic rings. The summed E-state index contributed by atoms with van der Waals surface area (Å²) < 4.78 is 16.8. The van der Waals surface area contributed by atoms with Crippen molar-refractivity contribution in [1.29, 1.82) is 0 Å². The molecule has 134 valence electrons. The van der Waals surface area contributed by atoms with E-state index >= 15 is 0 Å². The number of ether oxygens (including phenoxy) is 3. The first kappa shape index (κ1) is 17.2. The van der Waals surface area contributed by atoms with E-state index in [9.17, 15) is 4.79 Å². The molecule has 3 rings (SSSR count). The summed E-state index contributed by atoms with van der Waals surface area (Å²) in [6.07, 6.45) is 5.42. The van der Waals surface area contributed by atoms with Gasteiger partial charge in [-0.05, 0) is 49.9 Å². The maximum Gasteiger partial charge on any atom is 0.267 e. The van der Waals surface area contributed by atoms with Crippen molar-refractivity contribution in [2.75, 3.05) is 14.2 Å². The Balaban J connectivity index is 1.54. The monoisotopic (exact) mass is 344 g/mol. The number of amides is 1. The summed E-state index contributed by atoms with van der Waals surface area (Å²) in [7, 11) is 3.22. The molecule has 1 amide bonds. The predicted molar refractivity (Wildman–Crippen MR) is 94.5 cm³/mol. The number of benzene rings is 1. The Hall–Kier alpha value is -2.63. The second-order valence-corrected chi connectivity index (χ2v) is 6.14. The summed E-state index contributed by atoms with van der Waals surface area (Å²) in [5.41, 5.74) is 0.597. The van der Waals surface area contributed by atoms with Crippen LogP contribution in [0, 0.1) is 0 Å². The van der Waals surface area contributed by atoms with Gasteiger partial charge >= 0.3 is 0 Å². The van der Waals surface area contributed by atoms with Crippen LogP contribution < -0.4 is 19.5 Å². The quantitative estimate of drug-likeness (QED) is 0.844. The Morgan fingerprint density at radius 2 is 1.80 bits per heavy atom. The average Bonchev–Trinajstić information content (AvgIpc) is 3.18. The van der Waals surface area contributed by atoms with Crippen molar-refractivity contribution in [1.82, 2.24) is 10.3 Å². The number of hydrogen-bond donors (Lipinski definition) is 2. The Bertz CT molecular complexity index is 691. The highest BCUT2D eigenvalue weighted by Gasteiger charge is 2.25.